The predicted octanol–water partition coefficient (Wildman–Crippen LogP) is 7.09. The Morgan fingerprint density at radius 1 is 0.840 bits per heavy atom. The molecular formula is C23H30OS. The highest BCUT2D eigenvalue weighted by atomic mass is 32.2. The molecule has 1 atom stereocenters. The molecule has 25 heavy (non-hydrogen) atoms. The van der Waals surface area contributed by atoms with Crippen molar-refractivity contribution < 1.29 is 4.79 Å². The molecule has 0 aliphatic carbocycles. The zero-order valence-corrected chi connectivity index (χ0v) is 16.1. The third-order valence-electron chi connectivity index (χ3n) is 4.45. The van der Waals surface area contributed by atoms with Crippen LogP contribution in [-0.4, -0.2) is 11.5 Å². The molecule has 0 aliphatic rings. The molecular weight excluding hydrogens is 324 g/mol. The van der Waals surface area contributed by atoms with Crippen molar-refractivity contribution in [1.82, 2.24) is 0 Å². The van der Waals surface area contributed by atoms with E-state index < -0.39 is 0 Å². The molecule has 0 aliphatic heterocycles. The Hall–Kier alpha value is -1.54. The number of carbonyl (C=O) groups is 1. The van der Waals surface area contributed by atoms with Gasteiger partial charge in [0.15, 0.2) is 5.78 Å². The van der Waals surface area contributed by atoms with Crippen LogP contribution in [0.1, 0.15) is 73.0 Å². The average molecular weight is 355 g/mol. The van der Waals surface area contributed by atoms with Gasteiger partial charge in [-0.25, -0.2) is 0 Å². The van der Waals surface area contributed by atoms with Gasteiger partial charge in [-0.1, -0.05) is 99.7 Å². The minimum Gasteiger partial charge on any atom is -0.294 e. The van der Waals surface area contributed by atoms with E-state index in [9.17, 15) is 4.79 Å². The molecule has 134 valence electrons. The lowest BCUT2D eigenvalue weighted by Gasteiger charge is -2.16. The SMILES string of the molecule is CCCCCCCCS[C@H](CC(=O)c1ccccc1)c1ccccc1. The average Bonchev–Trinajstić information content (AvgIpc) is 2.67. The van der Waals surface area contributed by atoms with Crippen LogP contribution in [0.4, 0.5) is 0 Å². The van der Waals surface area contributed by atoms with Gasteiger partial charge < -0.3 is 0 Å². The molecule has 0 N–H and O–H groups in total. The highest BCUT2D eigenvalue weighted by Gasteiger charge is 2.17. The summed E-state index contributed by atoms with van der Waals surface area (Å²) < 4.78 is 0. The van der Waals surface area contributed by atoms with Gasteiger partial charge in [-0.15, -0.1) is 0 Å². The van der Waals surface area contributed by atoms with Gasteiger partial charge in [-0.05, 0) is 17.7 Å². The maximum Gasteiger partial charge on any atom is 0.164 e. The molecule has 0 bridgehead atoms. The highest BCUT2D eigenvalue weighted by Crippen LogP contribution is 2.34. The molecule has 0 amide bonds. The molecule has 0 aromatic heterocycles. The van der Waals surface area contributed by atoms with Gasteiger partial charge in [0.2, 0.25) is 0 Å². The van der Waals surface area contributed by atoms with Crippen molar-refractivity contribution in [2.24, 2.45) is 0 Å². The molecule has 2 aromatic rings. The highest BCUT2D eigenvalue weighted by molar-refractivity contribution is 7.99. The number of thioether (sulfide) groups is 1. The van der Waals surface area contributed by atoms with Crippen LogP contribution in [0, 0.1) is 0 Å². The number of unbranched alkanes of at least 4 members (excludes halogenated alkanes) is 5. The Morgan fingerprint density at radius 3 is 2.12 bits per heavy atom. The molecule has 0 heterocycles. The van der Waals surface area contributed by atoms with Crippen LogP contribution in [0.25, 0.3) is 0 Å². The molecule has 0 spiro atoms. The lowest BCUT2D eigenvalue weighted by molar-refractivity contribution is 0.0982. The number of ketones is 1. The largest absolute Gasteiger partial charge is 0.294 e. The van der Waals surface area contributed by atoms with E-state index in [0.29, 0.717) is 6.42 Å². The fourth-order valence-corrected chi connectivity index (χ4v) is 4.23. The van der Waals surface area contributed by atoms with Crippen molar-refractivity contribution in [3.05, 3.63) is 71.8 Å². The first kappa shape index (κ1) is 19.8. The van der Waals surface area contributed by atoms with Crippen LogP contribution >= 0.6 is 11.8 Å². The number of hydrogen-bond donors (Lipinski definition) is 0. The molecule has 2 heteroatoms. The van der Waals surface area contributed by atoms with E-state index in [4.69, 9.17) is 0 Å². The fraction of sp³-hybridized carbons (Fsp3) is 0.435. The number of benzene rings is 2. The molecule has 2 rings (SSSR count). The van der Waals surface area contributed by atoms with Gasteiger partial charge in [0.05, 0.1) is 0 Å². The minimum absolute atomic E-state index is 0.241. The van der Waals surface area contributed by atoms with Crippen molar-refractivity contribution in [3.8, 4) is 0 Å². The van der Waals surface area contributed by atoms with Gasteiger partial charge in [0, 0.05) is 17.2 Å². The zero-order valence-electron chi connectivity index (χ0n) is 15.3. The van der Waals surface area contributed by atoms with Crippen LogP contribution < -0.4 is 0 Å². The summed E-state index contributed by atoms with van der Waals surface area (Å²) in [4.78, 5) is 12.6. The number of hydrogen-bond acceptors (Lipinski definition) is 2. The van der Waals surface area contributed by atoms with E-state index in [0.717, 1.165) is 11.3 Å². The maximum absolute atomic E-state index is 12.6. The summed E-state index contributed by atoms with van der Waals surface area (Å²) in [7, 11) is 0. The lowest BCUT2D eigenvalue weighted by Crippen LogP contribution is -2.06. The zero-order chi connectivity index (χ0) is 17.7. The first-order valence-electron chi connectivity index (χ1n) is 9.56. The third kappa shape index (κ3) is 7.48. The fourth-order valence-electron chi connectivity index (χ4n) is 2.96. The quantitative estimate of drug-likeness (QED) is 0.299. The molecule has 0 saturated heterocycles. The Kier molecular flexibility index (Phi) is 9.43. The van der Waals surface area contributed by atoms with E-state index in [2.05, 4.69) is 31.2 Å². The van der Waals surface area contributed by atoms with E-state index in [1.165, 1.54) is 44.1 Å². The second kappa shape index (κ2) is 11.9. The molecule has 0 radical (unpaired) electrons. The van der Waals surface area contributed by atoms with Gasteiger partial charge in [0.1, 0.15) is 0 Å². The van der Waals surface area contributed by atoms with Crippen molar-refractivity contribution >= 4 is 17.5 Å². The Bertz CT molecular complexity index is 594. The monoisotopic (exact) mass is 354 g/mol. The standard InChI is InChI=1S/C23H30OS/c1-2-3-4-5-6-13-18-25-23(21-16-11-8-12-17-21)19-22(24)20-14-9-7-10-15-20/h7-12,14-17,23H,2-6,13,18-19H2,1H3/t23-/m1/s1. The number of carbonyl (C=O) groups excluding carboxylic acids is 1. The van der Waals surface area contributed by atoms with E-state index in [1.807, 2.05) is 48.2 Å². The lowest BCUT2D eigenvalue weighted by atomic mass is 10.0. The van der Waals surface area contributed by atoms with Crippen LogP contribution in [0.15, 0.2) is 60.7 Å². The summed E-state index contributed by atoms with van der Waals surface area (Å²) >= 11 is 1.94. The van der Waals surface area contributed by atoms with Crippen LogP contribution in [0.5, 0.6) is 0 Å². The van der Waals surface area contributed by atoms with E-state index in [1.54, 1.807) is 0 Å². The first-order valence-corrected chi connectivity index (χ1v) is 10.6. The molecule has 0 unspecified atom stereocenters. The summed E-state index contributed by atoms with van der Waals surface area (Å²) in [5.41, 5.74) is 2.09. The Balaban J connectivity index is 1.87. The summed E-state index contributed by atoms with van der Waals surface area (Å²) in [6.07, 6.45) is 8.48. The van der Waals surface area contributed by atoms with Gasteiger partial charge in [0.25, 0.3) is 0 Å². The minimum atomic E-state index is 0.241. The van der Waals surface area contributed by atoms with Gasteiger partial charge in [-0.3, -0.25) is 4.79 Å². The molecule has 0 saturated carbocycles. The summed E-state index contributed by atoms with van der Waals surface area (Å²) in [5.74, 6) is 1.37. The molecule has 1 nitrogen and oxygen atoms in total. The van der Waals surface area contributed by atoms with Crippen LogP contribution in [-0.2, 0) is 0 Å². The Morgan fingerprint density at radius 2 is 1.44 bits per heavy atom. The van der Waals surface area contributed by atoms with Crippen LogP contribution in [0.3, 0.4) is 0 Å². The summed E-state index contributed by atoms with van der Waals surface area (Å²) in [6.45, 7) is 2.25. The Labute approximate surface area is 157 Å². The summed E-state index contributed by atoms with van der Waals surface area (Å²) in [6, 6.07) is 20.2. The van der Waals surface area contributed by atoms with Crippen molar-refractivity contribution in [2.75, 3.05) is 5.75 Å². The van der Waals surface area contributed by atoms with Gasteiger partial charge >= 0.3 is 0 Å². The number of Topliss-reactive ketones (excluding diaryl/α,β-unsaturated/α-hetero) is 1. The second-order valence-corrected chi connectivity index (χ2v) is 7.84. The smallest absolute Gasteiger partial charge is 0.164 e. The maximum atomic E-state index is 12.6. The molecule has 0 fully saturated rings. The third-order valence-corrected chi connectivity index (χ3v) is 5.82. The van der Waals surface area contributed by atoms with Crippen LogP contribution in [0.2, 0.25) is 0 Å². The van der Waals surface area contributed by atoms with Gasteiger partial charge in [-0.2, -0.15) is 11.8 Å². The van der Waals surface area contributed by atoms with Crippen molar-refractivity contribution in [3.63, 3.8) is 0 Å². The van der Waals surface area contributed by atoms with E-state index >= 15 is 0 Å². The predicted molar refractivity (Wildman–Crippen MR) is 110 cm³/mol. The second-order valence-electron chi connectivity index (χ2n) is 6.53. The number of rotatable bonds is 12. The van der Waals surface area contributed by atoms with E-state index in [-0.39, 0.29) is 11.0 Å². The summed E-state index contributed by atoms with van der Waals surface area (Å²) in [5, 5.41) is 0.254. The first-order chi connectivity index (χ1) is 12.3. The van der Waals surface area contributed by atoms with Crippen molar-refractivity contribution in [2.45, 2.75) is 57.1 Å². The molecule has 2 aromatic carbocycles. The normalized spacial score (nSPS) is 12.0. The topological polar surface area (TPSA) is 17.1 Å². The van der Waals surface area contributed by atoms with Crippen molar-refractivity contribution in [1.29, 1.82) is 0 Å².